The SMILES string of the molecule is CC(NC(=O)C(C#N)=Cc1ccc(OCC(=O)NCC2CCCO2)cc1)c1ccccc1. The van der Waals surface area contributed by atoms with Gasteiger partial charge in [0.25, 0.3) is 11.8 Å². The molecule has 2 aromatic rings. The van der Waals surface area contributed by atoms with Gasteiger partial charge in [-0.15, -0.1) is 0 Å². The fraction of sp³-hybridized carbons (Fsp3) is 0.320. The van der Waals surface area contributed by atoms with Gasteiger partial charge >= 0.3 is 0 Å². The highest BCUT2D eigenvalue weighted by Gasteiger charge is 2.16. The molecule has 0 radical (unpaired) electrons. The van der Waals surface area contributed by atoms with Gasteiger partial charge in [-0.3, -0.25) is 9.59 Å². The molecule has 0 aromatic heterocycles. The molecule has 0 spiro atoms. The number of nitriles is 1. The lowest BCUT2D eigenvalue weighted by Crippen LogP contribution is -2.35. The molecule has 7 nitrogen and oxygen atoms in total. The normalized spacial score (nSPS) is 16.6. The van der Waals surface area contributed by atoms with Crippen molar-refractivity contribution in [3.8, 4) is 11.8 Å². The molecule has 0 bridgehead atoms. The molecule has 2 unspecified atom stereocenters. The second-order valence-electron chi connectivity index (χ2n) is 7.57. The van der Waals surface area contributed by atoms with E-state index in [0.29, 0.717) is 17.9 Å². The van der Waals surface area contributed by atoms with Crippen LogP contribution in [0.25, 0.3) is 6.08 Å². The van der Waals surface area contributed by atoms with Crippen molar-refractivity contribution < 1.29 is 19.1 Å². The van der Waals surface area contributed by atoms with E-state index in [1.54, 1.807) is 24.3 Å². The Labute approximate surface area is 188 Å². The third kappa shape index (κ3) is 6.96. The Kier molecular flexibility index (Phi) is 8.41. The summed E-state index contributed by atoms with van der Waals surface area (Å²) in [5, 5.41) is 15.0. The summed E-state index contributed by atoms with van der Waals surface area (Å²) in [5.41, 5.74) is 1.65. The minimum Gasteiger partial charge on any atom is -0.484 e. The minimum absolute atomic E-state index is 0.00922. The Morgan fingerprint density at radius 3 is 2.62 bits per heavy atom. The van der Waals surface area contributed by atoms with E-state index in [4.69, 9.17) is 9.47 Å². The Balaban J connectivity index is 1.50. The second kappa shape index (κ2) is 11.7. The van der Waals surface area contributed by atoms with Gasteiger partial charge in [-0.1, -0.05) is 42.5 Å². The van der Waals surface area contributed by atoms with Crippen molar-refractivity contribution in [2.24, 2.45) is 0 Å². The van der Waals surface area contributed by atoms with Crippen LogP contribution in [0.15, 0.2) is 60.2 Å². The monoisotopic (exact) mass is 433 g/mol. The van der Waals surface area contributed by atoms with Crippen molar-refractivity contribution >= 4 is 17.9 Å². The van der Waals surface area contributed by atoms with Gasteiger partial charge in [-0.2, -0.15) is 5.26 Å². The molecule has 2 amide bonds. The van der Waals surface area contributed by atoms with Gasteiger partial charge in [0.1, 0.15) is 17.4 Å². The molecule has 32 heavy (non-hydrogen) atoms. The first-order valence-electron chi connectivity index (χ1n) is 10.6. The molecule has 2 aromatic carbocycles. The fourth-order valence-electron chi connectivity index (χ4n) is 3.31. The van der Waals surface area contributed by atoms with Gasteiger partial charge in [-0.25, -0.2) is 0 Å². The van der Waals surface area contributed by atoms with Crippen molar-refractivity contribution in [1.29, 1.82) is 5.26 Å². The Morgan fingerprint density at radius 2 is 1.97 bits per heavy atom. The summed E-state index contributed by atoms with van der Waals surface area (Å²) in [5.74, 6) is -0.123. The summed E-state index contributed by atoms with van der Waals surface area (Å²) < 4.78 is 11.0. The highest BCUT2D eigenvalue weighted by Crippen LogP contribution is 2.16. The molecule has 1 heterocycles. The van der Waals surface area contributed by atoms with Crippen LogP contribution in [0.3, 0.4) is 0 Å². The van der Waals surface area contributed by atoms with Gasteiger partial charge < -0.3 is 20.1 Å². The average Bonchev–Trinajstić information content (AvgIpc) is 3.35. The first-order chi connectivity index (χ1) is 15.5. The quantitative estimate of drug-likeness (QED) is 0.467. The molecule has 3 rings (SSSR count). The molecular weight excluding hydrogens is 406 g/mol. The van der Waals surface area contributed by atoms with E-state index in [1.807, 2.05) is 43.3 Å². The number of hydrogen-bond donors (Lipinski definition) is 2. The summed E-state index contributed by atoms with van der Waals surface area (Å²) in [6.45, 7) is 3.02. The lowest BCUT2D eigenvalue weighted by Gasteiger charge is -2.13. The average molecular weight is 434 g/mol. The summed E-state index contributed by atoms with van der Waals surface area (Å²) >= 11 is 0. The highest BCUT2D eigenvalue weighted by atomic mass is 16.5. The summed E-state index contributed by atoms with van der Waals surface area (Å²) in [7, 11) is 0. The third-order valence-corrected chi connectivity index (χ3v) is 5.12. The van der Waals surface area contributed by atoms with Crippen molar-refractivity contribution in [1.82, 2.24) is 10.6 Å². The van der Waals surface area contributed by atoms with Crippen LogP contribution in [0.5, 0.6) is 5.75 Å². The van der Waals surface area contributed by atoms with Gasteiger partial charge in [0, 0.05) is 13.2 Å². The summed E-state index contributed by atoms with van der Waals surface area (Å²) in [6, 6.07) is 18.1. The Hall–Kier alpha value is -3.63. The number of ether oxygens (including phenoxy) is 2. The van der Waals surface area contributed by atoms with E-state index < -0.39 is 5.91 Å². The number of hydrogen-bond acceptors (Lipinski definition) is 5. The molecule has 0 saturated carbocycles. The lowest BCUT2D eigenvalue weighted by molar-refractivity contribution is -0.123. The smallest absolute Gasteiger partial charge is 0.262 e. The molecule has 2 N–H and O–H groups in total. The zero-order valence-electron chi connectivity index (χ0n) is 18.0. The van der Waals surface area contributed by atoms with Gasteiger partial charge in [-0.05, 0) is 49.1 Å². The predicted octanol–water partition coefficient (Wildman–Crippen LogP) is 3.14. The van der Waals surface area contributed by atoms with E-state index in [1.165, 1.54) is 6.08 Å². The standard InChI is InChI=1S/C25H27N3O4/c1-18(20-6-3-2-4-7-20)28-25(30)21(15-26)14-19-9-11-22(12-10-19)32-17-24(29)27-16-23-8-5-13-31-23/h2-4,6-7,9-12,14,18,23H,5,8,13,16-17H2,1H3,(H,27,29)(H,28,30). The number of carbonyl (C=O) groups excluding carboxylic acids is 2. The molecule has 0 aliphatic carbocycles. The van der Waals surface area contributed by atoms with Crippen LogP contribution >= 0.6 is 0 Å². The van der Waals surface area contributed by atoms with Gasteiger partial charge in [0.15, 0.2) is 6.61 Å². The number of benzene rings is 2. The van der Waals surface area contributed by atoms with Crippen molar-refractivity contribution in [3.05, 3.63) is 71.3 Å². The van der Waals surface area contributed by atoms with Gasteiger partial charge in [0.05, 0.1) is 12.1 Å². The number of rotatable bonds is 9. The zero-order chi connectivity index (χ0) is 22.8. The van der Waals surface area contributed by atoms with Crippen LogP contribution in [0, 0.1) is 11.3 Å². The third-order valence-electron chi connectivity index (χ3n) is 5.12. The van der Waals surface area contributed by atoms with Crippen LogP contribution in [-0.2, 0) is 14.3 Å². The maximum Gasteiger partial charge on any atom is 0.262 e. The zero-order valence-corrected chi connectivity index (χ0v) is 18.0. The molecule has 2 atom stereocenters. The van der Waals surface area contributed by atoms with E-state index in [9.17, 15) is 14.9 Å². The fourth-order valence-corrected chi connectivity index (χ4v) is 3.31. The van der Waals surface area contributed by atoms with E-state index >= 15 is 0 Å². The van der Waals surface area contributed by atoms with Crippen molar-refractivity contribution in [3.63, 3.8) is 0 Å². The van der Waals surface area contributed by atoms with Crippen LogP contribution in [0.4, 0.5) is 0 Å². The first-order valence-corrected chi connectivity index (χ1v) is 10.6. The number of nitrogens with one attached hydrogen (secondary N) is 2. The minimum atomic E-state index is -0.438. The van der Waals surface area contributed by atoms with Crippen molar-refractivity contribution in [2.75, 3.05) is 19.8 Å². The largest absolute Gasteiger partial charge is 0.484 e. The number of nitrogens with zero attached hydrogens (tertiary/aromatic N) is 1. The molecule has 1 fully saturated rings. The first kappa shape index (κ1) is 23.0. The summed E-state index contributed by atoms with van der Waals surface area (Å²) in [6.07, 6.45) is 3.60. The van der Waals surface area contributed by atoms with Crippen molar-refractivity contribution in [2.45, 2.75) is 31.9 Å². The Bertz CT molecular complexity index is 974. The molecule has 1 saturated heterocycles. The van der Waals surface area contributed by atoms with E-state index in [2.05, 4.69) is 10.6 Å². The molecule has 166 valence electrons. The van der Waals surface area contributed by atoms with Gasteiger partial charge in [0.2, 0.25) is 0 Å². The second-order valence-corrected chi connectivity index (χ2v) is 7.57. The summed E-state index contributed by atoms with van der Waals surface area (Å²) in [4.78, 5) is 24.4. The van der Waals surface area contributed by atoms with E-state index in [-0.39, 0.29) is 30.2 Å². The lowest BCUT2D eigenvalue weighted by atomic mass is 10.1. The molecule has 1 aliphatic rings. The molecule has 1 aliphatic heterocycles. The molecule has 7 heteroatoms. The number of amides is 2. The maximum absolute atomic E-state index is 12.5. The maximum atomic E-state index is 12.5. The van der Waals surface area contributed by atoms with Crippen LogP contribution in [0.2, 0.25) is 0 Å². The molecular formula is C25H27N3O4. The highest BCUT2D eigenvalue weighted by molar-refractivity contribution is 6.01. The number of carbonyl (C=O) groups is 2. The Morgan fingerprint density at radius 1 is 1.22 bits per heavy atom. The topological polar surface area (TPSA) is 100 Å². The van der Waals surface area contributed by atoms with Crippen LogP contribution < -0.4 is 15.4 Å². The van der Waals surface area contributed by atoms with Crippen LogP contribution in [0.1, 0.15) is 36.9 Å². The van der Waals surface area contributed by atoms with Crippen LogP contribution in [-0.4, -0.2) is 37.7 Å². The van der Waals surface area contributed by atoms with E-state index in [0.717, 1.165) is 25.0 Å². The predicted molar refractivity (Wildman–Crippen MR) is 121 cm³/mol.